The SMILES string of the molecule is O1OSS1. The largest absolute Gasteiger partial charge is 0.136 e. The second-order valence-corrected chi connectivity index (χ2v) is 1.63. The van der Waals surface area contributed by atoms with Crippen molar-refractivity contribution in [3.63, 3.8) is 0 Å². The van der Waals surface area contributed by atoms with Gasteiger partial charge in [0, 0.05) is 0 Å². The molecule has 0 aromatic rings. The minimum Gasteiger partial charge on any atom is -0.136 e. The lowest BCUT2D eigenvalue weighted by atomic mass is 14.9. The Morgan fingerprint density at radius 3 is 1.25 bits per heavy atom. The zero-order valence-electron chi connectivity index (χ0n) is 1.63. The monoisotopic (exact) mass is 95.9 g/mol. The zero-order valence-corrected chi connectivity index (χ0v) is 3.27. The van der Waals surface area contributed by atoms with Gasteiger partial charge in [-0.15, -0.1) is 8.67 Å². The van der Waals surface area contributed by atoms with Crippen LogP contribution in [0.5, 0.6) is 0 Å². The van der Waals surface area contributed by atoms with Crippen LogP contribution in [-0.4, -0.2) is 0 Å². The van der Waals surface area contributed by atoms with Crippen LogP contribution in [0.15, 0.2) is 0 Å². The van der Waals surface area contributed by atoms with E-state index >= 15 is 0 Å². The first-order valence-electron chi connectivity index (χ1n) is 0.667. The van der Waals surface area contributed by atoms with Gasteiger partial charge in [-0.1, -0.05) is 0 Å². The highest BCUT2D eigenvalue weighted by molar-refractivity contribution is 8.74. The summed E-state index contributed by atoms with van der Waals surface area (Å²) in [4.78, 5) is 0. The zero-order chi connectivity index (χ0) is 2.83. The van der Waals surface area contributed by atoms with Crippen molar-refractivity contribution in [2.45, 2.75) is 0 Å². The van der Waals surface area contributed by atoms with Crippen molar-refractivity contribution in [3.8, 4) is 0 Å². The third kappa shape index (κ3) is 0.322. The van der Waals surface area contributed by atoms with Crippen LogP contribution in [0, 0.1) is 0 Å². The Morgan fingerprint density at radius 2 is 1.25 bits per heavy atom. The van der Waals surface area contributed by atoms with Gasteiger partial charge in [0.1, 0.15) is 22.1 Å². The van der Waals surface area contributed by atoms with E-state index in [0.717, 1.165) is 0 Å². The molecule has 0 saturated carbocycles. The number of hydrogen-bond donors (Lipinski definition) is 0. The van der Waals surface area contributed by atoms with Crippen LogP contribution < -0.4 is 0 Å². The van der Waals surface area contributed by atoms with Crippen molar-refractivity contribution in [2.24, 2.45) is 0 Å². The topological polar surface area (TPSA) is 18.5 Å². The molecular formula is O2S2. The van der Waals surface area contributed by atoms with Crippen LogP contribution in [0.2, 0.25) is 0 Å². The summed E-state index contributed by atoms with van der Waals surface area (Å²) in [6, 6.07) is 0. The average Bonchev–Trinajstić information content (AvgIpc) is 0.722. The highest BCUT2D eigenvalue weighted by Gasteiger charge is 2.01. The van der Waals surface area contributed by atoms with Gasteiger partial charge in [0.25, 0.3) is 0 Å². The molecular weight excluding hydrogens is 96.1 g/mol. The predicted molar refractivity (Wildman–Crippen MR) is 17.4 cm³/mol. The quantitative estimate of drug-likeness (QED) is 0.256. The molecule has 1 aliphatic rings. The highest BCUT2D eigenvalue weighted by Crippen LogP contribution is 2.35. The van der Waals surface area contributed by atoms with Gasteiger partial charge in [0.2, 0.25) is 0 Å². The smallest absolute Gasteiger partial charge is 0.136 e. The Labute approximate surface area is 31.6 Å². The lowest BCUT2D eigenvalue weighted by Crippen LogP contribution is -1.77. The lowest BCUT2D eigenvalue weighted by Gasteiger charge is -2.01. The van der Waals surface area contributed by atoms with Crippen molar-refractivity contribution in [1.29, 1.82) is 0 Å². The summed E-state index contributed by atoms with van der Waals surface area (Å²) in [6.45, 7) is 0. The molecule has 1 saturated heterocycles. The van der Waals surface area contributed by atoms with Gasteiger partial charge >= 0.3 is 0 Å². The Hall–Kier alpha value is 0.620. The van der Waals surface area contributed by atoms with E-state index in [4.69, 9.17) is 0 Å². The molecule has 1 rings (SSSR count). The second-order valence-electron chi connectivity index (χ2n) is 0.272. The molecule has 0 spiro atoms. The summed E-state index contributed by atoms with van der Waals surface area (Å²) in [5, 5.41) is 0. The molecule has 0 aliphatic carbocycles. The van der Waals surface area contributed by atoms with E-state index in [1.54, 1.807) is 0 Å². The molecule has 0 radical (unpaired) electrons. The highest BCUT2D eigenvalue weighted by atomic mass is 33.1. The molecule has 0 amide bonds. The minimum absolute atomic E-state index is 1.23. The molecule has 0 aromatic carbocycles. The van der Waals surface area contributed by atoms with E-state index in [-0.39, 0.29) is 0 Å². The van der Waals surface area contributed by atoms with E-state index in [2.05, 4.69) is 8.67 Å². The Morgan fingerprint density at radius 1 is 1.00 bits per heavy atom. The second kappa shape index (κ2) is 1.16. The predicted octanol–water partition coefficient (Wildman–Crippen LogP) is 1.16. The van der Waals surface area contributed by atoms with Gasteiger partial charge in [-0.3, -0.25) is 0 Å². The summed E-state index contributed by atoms with van der Waals surface area (Å²) in [5.74, 6) is 0. The molecule has 24 valence electrons. The fourth-order valence-corrected chi connectivity index (χ4v) is 0.250. The van der Waals surface area contributed by atoms with Gasteiger partial charge in [-0.25, -0.2) is 0 Å². The van der Waals surface area contributed by atoms with Crippen LogP contribution >= 0.6 is 22.1 Å². The molecule has 4 heteroatoms. The normalized spacial score (nSPS) is 24.0. The Bertz CT molecular complexity index is 12.0. The molecule has 0 bridgehead atoms. The molecule has 0 unspecified atom stereocenters. The lowest BCUT2D eigenvalue weighted by molar-refractivity contribution is -0.0649. The Balaban J connectivity index is 2.00. The maximum atomic E-state index is 4.10. The van der Waals surface area contributed by atoms with Crippen molar-refractivity contribution < 1.29 is 8.67 Å². The van der Waals surface area contributed by atoms with E-state index in [9.17, 15) is 0 Å². The van der Waals surface area contributed by atoms with Crippen LogP contribution in [0.25, 0.3) is 0 Å². The fourth-order valence-electron chi connectivity index (χ4n) is 0.0278. The van der Waals surface area contributed by atoms with Gasteiger partial charge in [-0.2, -0.15) is 0 Å². The van der Waals surface area contributed by atoms with Crippen molar-refractivity contribution >= 4 is 22.1 Å². The van der Waals surface area contributed by atoms with E-state index < -0.39 is 0 Å². The van der Waals surface area contributed by atoms with Crippen LogP contribution in [0.3, 0.4) is 0 Å². The molecule has 2 nitrogen and oxygen atoms in total. The summed E-state index contributed by atoms with van der Waals surface area (Å²) in [6.07, 6.45) is 0. The number of hydrogen-bond acceptors (Lipinski definition) is 4. The van der Waals surface area contributed by atoms with E-state index in [0.29, 0.717) is 0 Å². The molecule has 1 aliphatic heterocycles. The molecule has 1 fully saturated rings. The van der Waals surface area contributed by atoms with Crippen molar-refractivity contribution in [1.82, 2.24) is 0 Å². The first-order valence-corrected chi connectivity index (χ1v) is 2.67. The molecule has 1 heterocycles. The Kier molecular flexibility index (Phi) is 0.826. The van der Waals surface area contributed by atoms with Crippen LogP contribution in [-0.2, 0) is 8.67 Å². The standard InChI is InChI=1S/O2S2/c1-2-4-3-1. The van der Waals surface area contributed by atoms with Gasteiger partial charge in [0.15, 0.2) is 0 Å². The summed E-state index contributed by atoms with van der Waals surface area (Å²) in [7, 11) is 0. The number of rotatable bonds is 0. The first-order chi connectivity index (χ1) is 2.00. The van der Waals surface area contributed by atoms with Gasteiger partial charge in [0.05, 0.1) is 0 Å². The van der Waals surface area contributed by atoms with Gasteiger partial charge < -0.3 is 0 Å². The summed E-state index contributed by atoms with van der Waals surface area (Å²) in [5.41, 5.74) is 0. The molecule has 0 N–H and O–H groups in total. The summed E-state index contributed by atoms with van der Waals surface area (Å²) >= 11 is 2.46. The first kappa shape index (κ1) is 2.84. The third-order valence-electron chi connectivity index (χ3n) is 0.111. The maximum Gasteiger partial charge on any atom is 0.136 e. The molecule has 0 atom stereocenters. The third-order valence-corrected chi connectivity index (χ3v) is 1.00. The minimum atomic E-state index is 1.23. The average molecular weight is 96.1 g/mol. The van der Waals surface area contributed by atoms with E-state index in [1.807, 2.05) is 0 Å². The van der Waals surface area contributed by atoms with Crippen molar-refractivity contribution in [2.75, 3.05) is 0 Å². The van der Waals surface area contributed by atoms with Crippen LogP contribution in [0.4, 0.5) is 0 Å². The maximum absolute atomic E-state index is 4.10. The molecule has 0 aromatic heterocycles. The van der Waals surface area contributed by atoms with Crippen molar-refractivity contribution in [3.05, 3.63) is 0 Å². The van der Waals surface area contributed by atoms with E-state index in [1.165, 1.54) is 22.1 Å². The fraction of sp³-hybridized carbons (Fsp3) is 0. The van der Waals surface area contributed by atoms with Crippen LogP contribution in [0.1, 0.15) is 0 Å². The summed E-state index contributed by atoms with van der Waals surface area (Å²) < 4.78 is 8.20. The van der Waals surface area contributed by atoms with Gasteiger partial charge in [-0.05, 0) is 0 Å². The molecule has 4 heavy (non-hydrogen) atoms.